The molecule has 0 spiro atoms. The number of thiophene rings is 1. The molecule has 0 amide bonds. The zero-order valence-electron chi connectivity index (χ0n) is 10.1. The van der Waals surface area contributed by atoms with Crippen molar-refractivity contribution in [1.29, 1.82) is 0 Å². The summed E-state index contributed by atoms with van der Waals surface area (Å²) in [6, 6.07) is 17.2. The zero-order chi connectivity index (χ0) is 12.5. The van der Waals surface area contributed by atoms with Crippen LogP contribution in [-0.2, 0) is 0 Å². The predicted molar refractivity (Wildman–Crippen MR) is 83.8 cm³/mol. The number of hydrogen-bond acceptors (Lipinski definition) is 1. The second kappa shape index (κ2) is 4.87. The lowest BCUT2D eigenvalue weighted by atomic mass is 10.0. The third kappa shape index (κ3) is 2.00. The molecule has 2 heteroatoms. The molecule has 0 fully saturated rings. The molecule has 0 saturated heterocycles. The Hall–Kier alpha value is -1.12. The first-order valence-corrected chi connectivity index (χ1v) is 7.72. The van der Waals surface area contributed by atoms with E-state index in [-0.39, 0.29) is 4.83 Å². The second-order valence-electron chi connectivity index (χ2n) is 4.40. The maximum absolute atomic E-state index is 3.86. The standard InChI is InChI=1S/C16H13BrS/c1-11-9-10-18-16(11)15(17)14-8-4-6-12-5-2-3-7-13(12)14/h2-10,15H,1H3. The van der Waals surface area contributed by atoms with Crippen LogP contribution < -0.4 is 0 Å². The molecule has 0 aliphatic carbocycles. The fourth-order valence-electron chi connectivity index (χ4n) is 2.26. The van der Waals surface area contributed by atoms with Crippen LogP contribution in [0.25, 0.3) is 10.8 Å². The van der Waals surface area contributed by atoms with Gasteiger partial charge in [0.15, 0.2) is 0 Å². The van der Waals surface area contributed by atoms with E-state index < -0.39 is 0 Å². The minimum absolute atomic E-state index is 0.281. The minimum Gasteiger partial charge on any atom is -0.147 e. The first-order chi connectivity index (χ1) is 8.77. The Balaban J connectivity index is 2.18. The summed E-state index contributed by atoms with van der Waals surface area (Å²) in [5, 5.41) is 4.78. The Morgan fingerprint density at radius 1 is 1.00 bits per heavy atom. The van der Waals surface area contributed by atoms with E-state index >= 15 is 0 Å². The molecule has 2 aromatic carbocycles. The Bertz CT molecular complexity index is 679. The Morgan fingerprint density at radius 2 is 1.78 bits per heavy atom. The quantitative estimate of drug-likeness (QED) is 0.532. The molecule has 0 radical (unpaired) electrons. The highest BCUT2D eigenvalue weighted by molar-refractivity contribution is 9.09. The third-order valence-corrected chi connectivity index (χ3v) is 5.57. The lowest BCUT2D eigenvalue weighted by molar-refractivity contribution is 1.22. The fraction of sp³-hybridized carbons (Fsp3) is 0.125. The highest BCUT2D eigenvalue weighted by Crippen LogP contribution is 2.39. The molecule has 1 heterocycles. The molecule has 1 atom stereocenters. The molecule has 0 nitrogen and oxygen atoms in total. The van der Waals surface area contributed by atoms with Gasteiger partial charge in [-0.1, -0.05) is 58.4 Å². The van der Waals surface area contributed by atoms with Gasteiger partial charge in [0.25, 0.3) is 0 Å². The monoisotopic (exact) mass is 316 g/mol. The summed E-state index contributed by atoms with van der Waals surface area (Å²) in [7, 11) is 0. The van der Waals surface area contributed by atoms with Crippen LogP contribution in [0.15, 0.2) is 53.9 Å². The van der Waals surface area contributed by atoms with Crippen LogP contribution in [0.4, 0.5) is 0 Å². The van der Waals surface area contributed by atoms with E-state index in [0.29, 0.717) is 0 Å². The minimum atomic E-state index is 0.281. The second-order valence-corrected chi connectivity index (χ2v) is 6.26. The summed E-state index contributed by atoms with van der Waals surface area (Å²) in [6.07, 6.45) is 0. The predicted octanol–water partition coefficient (Wildman–Crippen LogP) is 5.69. The Kier molecular flexibility index (Phi) is 3.23. The van der Waals surface area contributed by atoms with Gasteiger partial charge in [0.05, 0.1) is 4.83 Å². The molecule has 1 unspecified atom stereocenters. The first kappa shape index (κ1) is 11.9. The van der Waals surface area contributed by atoms with E-state index in [2.05, 4.69) is 76.8 Å². The van der Waals surface area contributed by atoms with Crippen LogP contribution in [0, 0.1) is 6.92 Å². The molecule has 90 valence electrons. The van der Waals surface area contributed by atoms with Gasteiger partial charge in [-0.05, 0) is 40.3 Å². The van der Waals surface area contributed by atoms with Gasteiger partial charge < -0.3 is 0 Å². The normalized spacial score (nSPS) is 12.8. The maximum atomic E-state index is 3.86. The van der Waals surface area contributed by atoms with Crippen molar-refractivity contribution in [2.45, 2.75) is 11.8 Å². The van der Waals surface area contributed by atoms with Crippen LogP contribution in [0.1, 0.15) is 20.8 Å². The van der Waals surface area contributed by atoms with Crippen LogP contribution in [0.5, 0.6) is 0 Å². The average Bonchev–Trinajstić information content (AvgIpc) is 2.83. The van der Waals surface area contributed by atoms with Gasteiger partial charge in [0, 0.05) is 4.88 Å². The summed E-state index contributed by atoms with van der Waals surface area (Å²) in [5.41, 5.74) is 2.70. The van der Waals surface area contributed by atoms with Crippen LogP contribution in [0.3, 0.4) is 0 Å². The Morgan fingerprint density at radius 3 is 2.56 bits per heavy atom. The molecule has 0 aliphatic rings. The van der Waals surface area contributed by atoms with E-state index in [1.807, 2.05) is 11.3 Å². The topological polar surface area (TPSA) is 0 Å². The van der Waals surface area contributed by atoms with E-state index in [4.69, 9.17) is 0 Å². The van der Waals surface area contributed by atoms with Crippen LogP contribution in [0.2, 0.25) is 0 Å². The van der Waals surface area contributed by atoms with Crippen molar-refractivity contribution in [3.05, 3.63) is 69.9 Å². The van der Waals surface area contributed by atoms with E-state index in [1.54, 1.807) is 0 Å². The van der Waals surface area contributed by atoms with Crippen molar-refractivity contribution in [3.8, 4) is 0 Å². The molecule has 0 N–H and O–H groups in total. The molecule has 18 heavy (non-hydrogen) atoms. The lowest BCUT2D eigenvalue weighted by Gasteiger charge is -2.13. The van der Waals surface area contributed by atoms with Crippen molar-refractivity contribution >= 4 is 38.0 Å². The number of aryl methyl sites for hydroxylation is 1. The number of rotatable bonds is 2. The van der Waals surface area contributed by atoms with Crippen molar-refractivity contribution < 1.29 is 0 Å². The lowest BCUT2D eigenvalue weighted by Crippen LogP contribution is -1.93. The fourth-order valence-corrected chi connectivity index (χ4v) is 4.26. The van der Waals surface area contributed by atoms with Gasteiger partial charge in [0.2, 0.25) is 0 Å². The molecular formula is C16H13BrS. The number of hydrogen-bond donors (Lipinski definition) is 0. The summed E-state index contributed by atoms with van der Waals surface area (Å²) in [5.74, 6) is 0. The SMILES string of the molecule is Cc1ccsc1C(Br)c1cccc2ccccc12. The van der Waals surface area contributed by atoms with Gasteiger partial charge >= 0.3 is 0 Å². The summed E-state index contributed by atoms with van der Waals surface area (Å²) in [4.78, 5) is 1.68. The molecule has 1 aromatic heterocycles. The van der Waals surface area contributed by atoms with Crippen LogP contribution in [-0.4, -0.2) is 0 Å². The molecular weight excluding hydrogens is 304 g/mol. The molecule has 3 aromatic rings. The van der Waals surface area contributed by atoms with Gasteiger partial charge in [-0.2, -0.15) is 0 Å². The van der Waals surface area contributed by atoms with Crippen LogP contribution >= 0.6 is 27.3 Å². The third-order valence-electron chi connectivity index (χ3n) is 3.23. The first-order valence-electron chi connectivity index (χ1n) is 5.93. The van der Waals surface area contributed by atoms with Gasteiger partial charge in [-0.3, -0.25) is 0 Å². The highest BCUT2D eigenvalue weighted by Gasteiger charge is 2.16. The molecule has 3 rings (SSSR count). The highest BCUT2D eigenvalue weighted by atomic mass is 79.9. The van der Waals surface area contributed by atoms with Crippen molar-refractivity contribution in [3.63, 3.8) is 0 Å². The van der Waals surface area contributed by atoms with Gasteiger partial charge in [0.1, 0.15) is 0 Å². The van der Waals surface area contributed by atoms with Gasteiger partial charge in [-0.15, -0.1) is 11.3 Å². The molecule has 0 saturated carbocycles. The number of benzene rings is 2. The summed E-state index contributed by atoms with van der Waals surface area (Å²) in [6.45, 7) is 2.17. The largest absolute Gasteiger partial charge is 0.147 e. The van der Waals surface area contributed by atoms with Gasteiger partial charge in [-0.25, -0.2) is 0 Å². The molecule has 0 aliphatic heterocycles. The number of alkyl halides is 1. The maximum Gasteiger partial charge on any atom is 0.0746 e. The van der Waals surface area contributed by atoms with Crippen molar-refractivity contribution in [2.24, 2.45) is 0 Å². The average molecular weight is 317 g/mol. The van der Waals surface area contributed by atoms with Crippen molar-refractivity contribution in [2.75, 3.05) is 0 Å². The summed E-state index contributed by atoms with van der Waals surface area (Å²) < 4.78 is 0. The van der Waals surface area contributed by atoms with E-state index in [9.17, 15) is 0 Å². The smallest absolute Gasteiger partial charge is 0.0746 e. The van der Waals surface area contributed by atoms with E-state index in [1.165, 1.54) is 26.8 Å². The van der Waals surface area contributed by atoms with Crippen molar-refractivity contribution in [1.82, 2.24) is 0 Å². The Labute approximate surface area is 119 Å². The molecule has 0 bridgehead atoms. The summed E-state index contributed by atoms with van der Waals surface area (Å²) >= 11 is 5.67. The van der Waals surface area contributed by atoms with E-state index in [0.717, 1.165) is 0 Å². The number of fused-ring (bicyclic) bond motifs is 1. The number of halogens is 1. The zero-order valence-corrected chi connectivity index (χ0v) is 12.5.